The summed E-state index contributed by atoms with van der Waals surface area (Å²) >= 11 is 0. The Labute approximate surface area is 192 Å². The standard InChI is InChI=1S/C24H20F3N7/c1-12-4-6-16-15(21(12)14-5-7-18-17(10-14)13(2)30-23(28)31-18)8-9-29-22(16)32-20-11-19(24(25,26)27)33-34(20)3/h4-11H,1-3H3,(H,29,32)(H2,28,30,31). The van der Waals surface area contributed by atoms with Crippen LogP contribution in [0.25, 0.3) is 32.8 Å². The van der Waals surface area contributed by atoms with Crippen LogP contribution in [0.15, 0.2) is 48.7 Å². The number of nitrogens with two attached hydrogens (primary N) is 1. The van der Waals surface area contributed by atoms with Crippen LogP contribution in [0.2, 0.25) is 0 Å². The van der Waals surface area contributed by atoms with Crippen molar-refractivity contribution in [3.63, 3.8) is 0 Å². The molecule has 10 heteroatoms. The third kappa shape index (κ3) is 3.66. The molecule has 5 aromatic rings. The van der Waals surface area contributed by atoms with Gasteiger partial charge in [0.05, 0.1) is 11.2 Å². The number of aryl methyl sites for hydroxylation is 3. The van der Waals surface area contributed by atoms with Gasteiger partial charge in [0.2, 0.25) is 5.95 Å². The first-order chi connectivity index (χ1) is 16.1. The molecular weight excluding hydrogens is 443 g/mol. The molecule has 0 saturated heterocycles. The zero-order chi connectivity index (χ0) is 24.2. The zero-order valence-electron chi connectivity index (χ0n) is 18.6. The van der Waals surface area contributed by atoms with E-state index in [-0.39, 0.29) is 11.8 Å². The van der Waals surface area contributed by atoms with E-state index in [9.17, 15) is 13.2 Å². The predicted molar refractivity (Wildman–Crippen MR) is 126 cm³/mol. The molecule has 0 aliphatic carbocycles. The first-order valence-electron chi connectivity index (χ1n) is 10.4. The highest BCUT2D eigenvalue weighted by Crippen LogP contribution is 2.37. The third-order valence-electron chi connectivity index (χ3n) is 5.76. The number of halogens is 3. The smallest absolute Gasteiger partial charge is 0.368 e. The monoisotopic (exact) mass is 463 g/mol. The SMILES string of the molecule is Cc1ccc2c(Nc3cc(C(F)(F)F)nn3C)nccc2c1-c1ccc2nc(N)nc(C)c2c1. The lowest BCUT2D eigenvalue weighted by atomic mass is 9.93. The van der Waals surface area contributed by atoms with Gasteiger partial charge in [0.25, 0.3) is 0 Å². The van der Waals surface area contributed by atoms with E-state index in [0.717, 1.165) is 54.8 Å². The molecule has 0 spiro atoms. The summed E-state index contributed by atoms with van der Waals surface area (Å²) in [6, 6.07) is 12.6. The lowest BCUT2D eigenvalue weighted by Gasteiger charge is -2.15. The van der Waals surface area contributed by atoms with Gasteiger partial charge >= 0.3 is 6.18 Å². The molecule has 7 nitrogen and oxygen atoms in total. The average molecular weight is 463 g/mol. The van der Waals surface area contributed by atoms with Gasteiger partial charge in [-0.05, 0) is 54.1 Å². The average Bonchev–Trinajstić information content (AvgIpc) is 3.14. The predicted octanol–water partition coefficient (Wildman–Crippen LogP) is 5.54. The number of rotatable bonds is 3. The van der Waals surface area contributed by atoms with E-state index in [1.54, 1.807) is 6.20 Å². The van der Waals surface area contributed by atoms with Crippen molar-refractivity contribution in [1.82, 2.24) is 24.7 Å². The fourth-order valence-electron chi connectivity index (χ4n) is 4.15. The summed E-state index contributed by atoms with van der Waals surface area (Å²) in [7, 11) is 1.45. The largest absolute Gasteiger partial charge is 0.435 e. The number of nitrogen functional groups attached to an aromatic ring is 1. The van der Waals surface area contributed by atoms with Crippen molar-refractivity contribution < 1.29 is 13.2 Å². The summed E-state index contributed by atoms with van der Waals surface area (Å²) in [5, 5.41) is 9.13. The van der Waals surface area contributed by atoms with E-state index < -0.39 is 11.9 Å². The fourth-order valence-corrected chi connectivity index (χ4v) is 4.15. The maximum Gasteiger partial charge on any atom is 0.435 e. The van der Waals surface area contributed by atoms with Gasteiger partial charge in [-0.1, -0.05) is 18.2 Å². The molecule has 0 atom stereocenters. The van der Waals surface area contributed by atoms with Crippen molar-refractivity contribution in [1.29, 1.82) is 0 Å². The highest BCUT2D eigenvalue weighted by atomic mass is 19.4. The van der Waals surface area contributed by atoms with E-state index in [4.69, 9.17) is 5.73 Å². The van der Waals surface area contributed by atoms with Crippen LogP contribution in [0, 0.1) is 13.8 Å². The molecule has 3 N–H and O–H groups in total. The van der Waals surface area contributed by atoms with Gasteiger partial charge in [-0.15, -0.1) is 0 Å². The summed E-state index contributed by atoms with van der Waals surface area (Å²) in [6.07, 6.45) is -2.90. The number of hydrogen-bond donors (Lipinski definition) is 2. The van der Waals surface area contributed by atoms with Crippen molar-refractivity contribution in [2.75, 3.05) is 11.1 Å². The number of hydrogen-bond acceptors (Lipinski definition) is 6. The van der Waals surface area contributed by atoms with Crippen molar-refractivity contribution in [2.24, 2.45) is 7.05 Å². The summed E-state index contributed by atoms with van der Waals surface area (Å²) in [4.78, 5) is 13.0. The van der Waals surface area contributed by atoms with Gasteiger partial charge in [-0.3, -0.25) is 4.68 Å². The first kappa shape index (κ1) is 21.6. The highest BCUT2D eigenvalue weighted by molar-refractivity contribution is 6.04. The number of fused-ring (bicyclic) bond motifs is 2. The van der Waals surface area contributed by atoms with Crippen LogP contribution in [0.5, 0.6) is 0 Å². The van der Waals surface area contributed by atoms with Crippen LogP contribution in [0.1, 0.15) is 17.0 Å². The van der Waals surface area contributed by atoms with Crippen LogP contribution in [-0.4, -0.2) is 24.7 Å². The van der Waals surface area contributed by atoms with E-state index in [1.165, 1.54) is 7.05 Å². The molecule has 0 aliphatic rings. The fraction of sp³-hybridized carbons (Fsp3) is 0.167. The first-order valence-corrected chi connectivity index (χ1v) is 10.4. The third-order valence-corrected chi connectivity index (χ3v) is 5.76. The summed E-state index contributed by atoms with van der Waals surface area (Å²) in [6.45, 7) is 3.89. The molecule has 0 unspecified atom stereocenters. The molecule has 0 bridgehead atoms. The number of alkyl halides is 3. The molecule has 0 radical (unpaired) electrons. The van der Waals surface area contributed by atoms with Crippen LogP contribution in [0.4, 0.5) is 30.8 Å². The van der Waals surface area contributed by atoms with E-state index >= 15 is 0 Å². The Morgan fingerprint density at radius 1 is 0.941 bits per heavy atom. The Bertz CT molecular complexity index is 1570. The molecule has 0 aliphatic heterocycles. The van der Waals surface area contributed by atoms with Crippen LogP contribution in [0.3, 0.4) is 0 Å². The summed E-state index contributed by atoms with van der Waals surface area (Å²) in [5.74, 6) is 0.846. The van der Waals surface area contributed by atoms with Crippen LogP contribution >= 0.6 is 0 Å². The maximum atomic E-state index is 13.1. The van der Waals surface area contributed by atoms with Gasteiger partial charge in [0.15, 0.2) is 5.69 Å². The molecule has 0 saturated carbocycles. The Balaban J connectivity index is 1.65. The lowest BCUT2D eigenvalue weighted by molar-refractivity contribution is -0.141. The Morgan fingerprint density at radius 2 is 1.74 bits per heavy atom. The van der Waals surface area contributed by atoms with E-state index in [2.05, 4.69) is 25.4 Å². The summed E-state index contributed by atoms with van der Waals surface area (Å²) < 4.78 is 40.4. The van der Waals surface area contributed by atoms with Crippen molar-refractivity contribution in [3.8, 4) is 11.1 Å². The van der Waals surface area contributed by atoms with Crippen molar-refractivity contribution in [2.45, 2.75) is 20.0 Å². The van der Waals surface area contributed by atoms with Gasteiger partial charge < -0.3 is 11.1 Å². The number of benzene rings is 2. The normalized spacial score (nSPS) is 11.9. The minimum atomic E-state index is -4.53. The van der Waals surface area contributed by atoms with Gasteiger partial charge in [-0.25, -0.2) is 15.0 Å². The number of nitrogens with zero attached hydrogens (tertiary/aromatic N) is 5. The molecule has 2 aromatic carbocycles. The Kier molecular flexibility index (Phi) is 4.89. The minimum absolute atomic E-state index is 0.186. The van der Waals surface area contributed by atoms with Gasteiger partial charge in [-0.2, -0.15) is 18.3 Å². The number of anilines is 3. The van der Waals surface area contributed by atoms with Gasteiger partial charge in [0, 0.05) is 30.1 Å². The van der Waals surface area contributed by atoms with E-state index in [1.807, 2.05) is 50.2 Å². The molecule has 0 fully saturated rings. The number of pyridine rings is 1. The van der Waals surface area contributed by atoms with Gasteiger partial charge in [0.1, 0.15) is 11.6 Å². The minimum Gasteiger partial charge on any atom is -0.368 e. The second-order valence-electron chi connectivity index (χ2n) is 8.07. The Hall–Kier alpha value is -4.21. The molecule has 0 amide bonds. The maximum absolute atomic E-state index is 13.1. The van der Waals surface area contributed by atoms with Crippen molar-refractivity contribution >= 4 is 39.3 Å². The topological polar surface area (TPSA) is 94.5 Å². The zero-order valence-corrected chi connectivity index (χ0v) is 18.6. The second-order valence-corrected chi connectivity index (χ2v) is 8.07. The Morgan fingerprint density at radius 3 is 2.47 bits per heavy atom. The second kappa shape index (κ2) is 7.68. The van der Waals surface area contributed by atoms with E-state index in [0.29, 0.717) is 5.82 Å². The molecule has 34 heavy (non-hydrogen) atoms. The summed E-state index contributed by atoms with van der Waals surface area (Å²) in [5.41, 5.74) is 9.34. The van der Waals surface area contributed by atoms with Crippen LogP contribution in [-0.2, 0) is 13.2 Å². The molecule has 172 valence electrons. The lowest BCUT2D eigenvalue weighted by Crippen LogP contribution is -2.06. The molecule has 3 aromatic heterocycles. The van der Waals surface area contributed by atoms with Crippen molar-refractivity contribution in [3.05, 3.63) is 65.6 Å². The highest BCUT2D eigenvalue weighted by Gasteiger charge is 2.34. The molecule has 3 heterocycles. The quantitative estimate of drug-likeness (QED) is 0.365. The molecular formula is C24H20F3N7. The molecule has 5 rings (SSSR count). The van der Waals surface area contributed by atoms with Crippen LogP contribution < -0.4 is 11.1 Å². The number of nitrogens with one attached hydrogen (secondary N) is 1. The number of aromatic nitrogens is 5.